The van der Waals surface area contributed by atoms with Gasteiger partial charge in [0.2, 0.25) is 0 Å². The number of aromatic carboxylic acids is 1. The van der Waals surface area contributed by atoms with E-state index in [9.17, 15) is 4.79 Å². The van der Waals surface area contributed by atoms with E-state index in [2.05, 4.69) is 20.5 Å². The van der Waals surface area contributed by atoms with Crippen molar-refractivity contribution < 1.29 is 14.4 Å². The van der Waals surface area contributed by atoms with E-state index < -0.39 is 5.97 Å². The van der Waals surface area contributed by atoms with Crippen LogP contribution in [-0.2, 0) is 6.54 Å². The molecule has 3 heterocycles. The van der Waals surface area contributed by atoms with Crippen molar-refractivity contribution >= 4 is 17.3 Å². The van der Waals surface area contributed by atoms with Gasteiger partial charge in [0, 0.05) is 0 Å². The Hall–Kier alpha value is -2.55. The molecular weight excluding hydrogens is 270 g/mol. The third-order valence-electron chi connectivity index (χ3n) is 2.26. The summed E-state index contributed by atoms with van der Waals surface area (Å²) in [7, 11) is 0. The molecule has 0 unspecified atom stereocenters. The van der Waals surface area contributed by atoms with Gasteiger partial charge in [0.05, 0.1) is 11.1 Å². The van der Waals surface area contributed by atoms with Crippen LogP contribution in [-0.4, -0.2) is 36.2 Å². The number of hydrogen-bond donors (Lipinski definition) is 1. The Morgan fingerprint density at radius 1 is 1.53 bits per heavy atom. The number of nitrogens with zero attached hydrogens (tertiary/aromatic N) is 5. The summed E-state index contributed by atoms with van der Waals surface area (Å²) in [4.78, 5) is 15.7. The maximum Gasteiger partial charge on any atom is 0.358 e. The molecule has 0 aliphatic heterocycles. The predicted molar refractivity (Wildman–Crippen MR) is 63.7 cm³/mol. The number of rotatable bonds is 4. The van der Waals surface area contributed by atoms with Crippen LogP contribution in [0, 0.1) is 0 Å². The number of carboxylic acid groups (broad SMARTS) is 1. The first-order chi connectivity index (χ1) is 9.22. The molecule has 1 N–H and O–H groups in total. The lowest BCUT2D eigenvalue weighted by Crippen LogP contribution is -2.02. The highest BCUT2D eigenvalue weighted by Crippen LogP contribution is 2.22. The van der Waals surface area contributed by atoms with Gasteiger partial charge < -0.3 is 9.63 Å². The van der Waals surface area contributed by atoms with E-state index >= 15 is 0 Å². The summed E-state index contributed by atoms with van der Waals surface area (Å²) in [5.74, 6) is -0.285. The Labute approximate surface area is 110 Å². The molecule has 0 saturated heterocycles. The van der Waals surface area contributed by atoms with E-state index in [1.54, 1.807) is 0 Å². The highest BCUT2D eigenvalue weighted by Gasteiger charge is 2.12. The molecule has 3 aromatic rings. The second-order valence-corrected chi connectivity index (χ2v) is 4.55. The summed E-state index contributed by atoms with van der Waals surface area (Å²) in [5, 5.41) is 21.6. The summed E-state index contributed by atoms with van der Waals surface area (Å²) in [6.07, 6.45) is 1.31. The predicted octanol–water partition coefficient (Wildman–Crippen LogP) is 1.14. The van der Waals surface area contributed by atoms with Crippen LogP contribution in [0.25, 0.3) is 10.8 Å². The molecule has 3 rings (SSSR count). The van der Waals surface area contributed by atoms with Gasteiger partial charge in [-0.25, -0.2) is 9.48 Å². The number of hydrogen-bond acceptors (Lipinski definition) is 7. The summed E-state index contributed by atoms with van der Waals surface area (Å²) < 4.78 is 6.45. The molecule has 0 bridgehead atoms. The molecule has 0 radical (unpaired) electrons. The lowest BCUT2D eigenvalue weighted by Gasteiger charge is -1.91. The van der Waals surface area contributed by atoms with Crippen LogP contribution in [0.1, 0.15) is 16.3 Å². The minimum absolute atomic E-state index is 0.123. The van der Waals surface area contributed by atoms with Crippen LogP contribution >= 0.6 is 11.3 Å². The van der Waals surface area contributed by atoms with Crippen molar-refractivity contribution in [1.29, 1.82) is 0 Å². The first-order valence-corrected chi connectivity index (χ1v) is 6.10. The molecule has 0 amide bonds. The van der Waals surface area contributed by atoms with Crippen LogP contribution in [0.15, 0.2) is 28.2 Å². The Balaban J connectivity index is 1.78. The number of thiophene rings is 1. The molecule has 96 valence electrons. The van der Waals surface area contributed by atoms with Crippen molar-refractivity contribution in [2.24, 2.45) is 0 Å². The minimum Gasteiger partial charge on any atom is -0.476 e. The highest BCUT2D eigenvalue weighted by atomic mass is 32.1. The minimum atomic E-state index is -1.13. The Kier molecular flexibility index (Phi) is 2.80. The molecule has 9 heteroatoms. The average molecular weight is 277 g/mol. The van der Waals surface area contributed by atoms with E-state index in [0.717, 1.165) is 4.88 Å². The molecule has 3 aromatic heterocycles. The van der Waals surface area contributed by atoms with E-state index in [1.807, 2.05) is 17.5 Å². The molecule has 19 heavy (non-hydrogen) atoms. The Morgan fingerprint density at radius 3 is 3.11 bits per heavy atom. The lowest BCUT2D eigenvalue weighted by atomic mass is 10.4. The second-order valence-electron chi connectivity index (χ2n) is 3.60. The van der Waals surface area contributed by atoms with Gasteiger partial charge in [-0.2, -0.15) is 4.98 Å². The van der Waals surface area contributed by atoms with Gasteiger partial charge in [0.1, 0.15) is 6.54 Å². The zero-order valence-corrected chi connectivity index (χ0v) is 10.2. The maximum absolute atomic E-state index is 10.7. The van der Waals surface area contributed by atoms with E-state index in [0.29, 0.717) is 11.7 Å². The summed E-state index contributed by atoms with van der Waals surface area (Å²) in [5.41, 5.74) is -0.123. The normalized spacial score (nSPS) is 10.7. The van der Waals surface area contributed by atoms with Gasteiger partial charge >= 0.3 is 5.97 Å². The van der Waals surface area contributed by atoms with Crippen molar-refractivity contribution in [3.05, 3.63) is 35.2 Å². The molecule has 0 aromatic carbocycles. The molecule has 0 aliphatic carbocycles. The molecule has 8 nitrogen and oxygen atoms in total. The second kappa shape index (κ2) is 4.61. The van der Waals surface area contributed by atoms with Gasteiger partial charge in [-0.3, -0.25) is 0 Å². The fraction of sp³-hybridized carbons (Fsp3) is 0.100. The van der Waals surface area contributed by atoms with Crippen LogP contribution in [0.5, 0.6) is 0 Å². The smallest absolute Gasteiger partial charge is 0.358 e. The summed E-state index contributed by atoms with van der Waals surface area (Å²) >= 11 is 1.49. The standard InChI is InChI=1S/C10H7N5O3S/c16-10(17)6-4-15(14-12-6)5-8-11-9(18-13-8)7-2-1-3-19-7/h1-4H,5H2,(H,16,17). The third-order valence-corrected chi connectivity index (χ3v) is 3.12. The molecule has 0 fully saturated rings. The van der Waals surface area contributed by atoms with Crippen LogP contribution in [0.3, 0.4) is 0 Å². The average Bonchev–Trinajstić information content (AvgIpc) is 3.09. The third kappa shape index (κ3) is 2.36. The van der Waals surface area contributed by atoms with Gasteiger partial charge in [0.15, 0.2) is 11.5 Å². The van der Waals surface area contributed by atoms with Crippen LogP contribution < -0.4 is 0 Å². The maximum atomic E-state index is 10.7. The quantitative estimate of drug-likeness (QED) is 0.761. The summed E-state index contributed by atoms with van der Waals surface area (Å²) in [6, 6.07) is 3.76. The van der Waals surface area contributed by atoms with Gasteiger partial charge in [-0.15, -0.1) is 16.4 Å². The van der Waals surface area contributed by atoms with Gasteiger partial charge in [-0.1, -0.05) is 16.4 Å². The van der Waals surface area contributed by atoms with E-state index in [1.165, 1.54) is 22.2 Å². The number of aromatic nitrogens is 5. The van der Waals surface area contributed by atoms with E-state index in [4.69, 9.17) is 9.63 Å². The molecule has 0 saturated carbocycles. The van der Waals surface area contributed by atoms with Crippen molar-refractivity contribution in [2.45, 2.75) is 6.54 Å². The monoisotopic (exact) mass is 277 g/mol. The first-order valence-electron chi connectivity index (χ1n) is 5.22. The topological polar surface area (TPSA) is 107 Å². The van der Waals surface area contributed by atoms with Crippen LogP contribution in [0.4, 0.5) is 0 Å². The highest BCUT2D eigenvalue weighted by molar-refractivity contribution is 7.13. The Morgan fingerprint density at radius 2 is 2.42 bits per heavy atom. The molecule has 0 aliphatic rings. The first kappa shape index (κ1) is 11.5. The lowest BCUT2D eigenvalue weighted by molar-refractivity contribution is 0.0690. The molecular formula is C10H7N5O3S. The Bertz CT molecular complexity index is 702. The summed E-state index contributed by atoms with van der Waals surface area (Å²) in [6.45, 7) is 0.204. The fourth-order valence-electron chi connectivity index (χ4n) is 1.44. The van der Waals surface area contributed by atoms with Gasteiger partial charge in [0.25, 0.3) is 5.89 Å². The van der Waals surface area contributed by atoms with E-state index in [-0.39, 0.29) is 12.2 Å². The SMILES string of the molecule is O=C(O)c1cn(Cc2noc(-c3cccs3)n2)nn1. The molecule has 0 spiro atoms. The van der Waals surface area contributed by atoms with Crippen molar-refractivity contribution in [3.63, 3.8) is 0 Å². The van der Waals surface area contributed by atoms with Crippen molar-refractivity contribution in [2.75, 3.05) is 0 Å². The fourth-order valence-corrected chi connectivity index (χ4v) is 2.08. The zero-order chi connectivity index (χ0) is 13.2. The largest absolute Gasteiger partial charge is 0.476 e. The van der Waals surface area contributed by atoms with Crippen molar-refractivity contribution in [1.82, 2.24) is 25.1 Å². The number of carboxylic acids is 1. The van der Waals surface area contributed by atoms with Crippen LogP contribution in [0.2, 0.25) is 0 Å². The molecule has 0 atom stereocenters. The van der Waals surface area contributed by atoms with Crippen molar-refractivity contribution in [3.8, 4) is 10.8 Å². The zero-order valence-electron chi connectivity index (χ0n) is 9.42. The van der Waals surface area contributed by atoms with Gasteiger partial charge in [-0.05, 0) is 11.4 Å². The number of carbonyl (C=O) groups is 1.